The number of fused-ring (bicyclic) bond motifs is 2. The van der Waals surface area contributed by atoms with Crippen LogP contribution in [0.25, 0.3) is 33.5 Å². The summed E-state index contributed by atoms with van der Waals surface area (Å²) in [6.07, 6.45) is 1.19. The predicted molar refractivity (Wildman–Crippen MR) is 143 cm³/mol. The Morgan fingerprint density at radius 3 is 2.79 bits per heavy atom. The van der Waals surface area contributed by atoms with Gasteiger partial charge in [0.1, 0.15) is 5.58 Å². The van der Waals surface area contributed by atoms with Gasteiger partial charge in [0.05, 0.1) is 27.1 Å². The molecule has 2 heterocycles. The zero-order chi connectivity index (χ0) is 27.0. The van der Waals surface area contributed by atoms with Crippen LogP contribution in [-0.2, 0) is 4.79 Å². The van der Waals surface area contributed by atoms with Crippen LogP contribution >= 0.6 is 27.5 Å². The Kier molecular flexibility index (Phi) is 6.66. The molecule has 0 aliphatic rings. The first-order valence-electron chi connectivity index (χ1n) is 10.8. The Morgan fingerprint density at radius 2 is 2.03 bits per heavy atom. The van der Waals surface area contributed by atoms with E-state index in [4.69, 9.17) is 25.9 Å². The maximum atomic E-state index is 13.4. The molecule has 2 aromatic heterocycles. The van der Waals surface area contributed by atoms with Crippen LogP contribution in [0, 0.1) is 10.1 Å². The molecule has 190 valence electrons. The topological polar surface area (TPSA) is 150 Å². The number of carboxylic acids is 1. The fourth-order valence-electron chi connectivity index (χ4n) is 3.73. The van der Waals surface area contributed by atoms with Crippen LogP contribution in [0.15, 0.2) is 79.4 Å². The van der Waals surface area contributed by atoms with E-state index in [2.05, 4.69) is 26.0 Å². The normalized spacial score (nSPS) is 11.4. The molecule has 0 unspecified atom stereocenters. The molecule has 0 atom stereocenters. The summed E-state index contributed by atoms with van der Waals surface area (Å²) in [5.41, 5.74) is 0.0985. The Morgan fingerprint density at radius 1 is 1.24 bits per heavy atom. The molecular formula is C25H14BrClN4O7. The van der Waals surface area contributed by atoms with Crippen molar-refractivity contribution in [2.75, 3.05) is 6.61 Å². The zero-order valence-corrected chi connectivity index (χ0v) is 21.3. The van der Waals surface area contributed by atoms with Crippen LogP contribution in [-0.4, -0.2) is 38.5 Å². The van der Waals surface area contributed by atoms with Gasteiger partial charge in [0.15, 0.2) is 12.4 Å². The standard InChI is InChI=1S/C25H14BrClN4O7/c26-15-5-6-20-14(9-15)10-21(38-20)24-29-18-4-2-1-3-16(18)25(34)30(24)28-11-13-7-17(27)23(37-12-22(32)33)19(8-13)31(35)36/h1-11H,12H2,(H,32,33). The molecule has 5 aromatic rings. The molecule has 1 N–H and O–H groups in total. The number of para-hydroxylation sites is 1. The van der Waals surface area contributed by atoms with Crippen LogP contribution in [0.4, 0.5) is 5.69 Å². The summed E-state index contributed by atoms with van der Waals surface area (Å²) in [6.45, 7) is -0.816. The van der Waals surface area contributed by atoms with Crippen molar-refractivity contribution in [3.05, 3.63) is 96.2 Å². The van der Waals surface area contributed by atoms with Crippen molar-refractivity contribution in [3.8, 4) is 17.3 Å². The Labute approximate surface area is 225 Å². The highest BCUT2D eigenvalue weighted by molar-refractivity contribution is 9.10. The molecule has 5 rings (SSSR count). The number of carboxylic acid groups (broad SMARTS) is 1. The number of rotatable bonds is 7. The molecule has 11 nitrogen and oxygen atoms in total. The van der Waals surface area contributed by atoms with Gasteiger partial charge in [-0.3, -0.25) is 14.9 Å². The van der Waals surface area contributed by atoms with E-state index in [0.29, 0.717) is 16.5 Å². The van der Waals surface area contributed by atoms with Gasteiger partial charge in [-0.1, -0.05) is 39.7 Å². The van der Waals surface area contributed by atoms with Crippen molar-refractivity contribution in [2.24, 2.45) is 5.10 Å². The number of halogens is 2. The molecule has 13 heteroatoms. The monoisotopic (exact) mass is 596 g/mol. The van der Waals surface area contributed by atoms with Crippen molar-refractivity contribution < 1.29 is 24.0 Å². The quantitative estimate of drug-likeness (QED) is 0.147. The van der Waals surface area contributed by atoms with Crippen molar-refractivity contribution in [3.63, 3.8) is 0 Å². The molecule has 0 saturated carbocycles. The lowest BCUT2D eigenvalue weighted by Crippen LogP contribution is -2.20. The minimum Gasteiger partial charge on any atom is -0.479 e. The van der Waals surface area contributed by atoms with E-state index in [1.165, 1.54) is 12.3 Å². The van der Waals surface area contributed by atoms with Gasteiger partial charge in [-0.05, 0) is 42.5 Å². The molecule has 0 aliphatic carbocycles. The van der Waals surface area contributed by atoms with E-state index < -0.39 is 34.5 Å². The smallest absolute Gasteiger partial charge is 0.341 e. The molecule has 0 spiro atoms. The summed E-state index contributed by atoms with van der Waals surface area (Å²) in [4.78, 5) is 39.7. The largest absolute Gasteiger partial charge is 0.479 e. The van der Waals surface area contributed by atoms with Crippen molar-refractivity contribution in [1.82, 2.24) is 9.66 Å². The van der Waals surface area contributed by atoms with Gasteiger partial charge in [0.25, 0.3) is 5.56 Å². The molecule has 0 radical (unpaired) electrons. The van der Waals surface area contributed by atoms with E-state index in [1.807, 2.05) is 12.1 Å². The molecular weight excluding hydrogens is 584 g/mol. The molecule has 3 aromatic carbocycles. The Bertz CT molecular complexity index is 1850. The second kappa shape index (κ2) is 10.1. The average molecular weight is 598 g/mol. The lowest BCUT2D eigenvalue weighted by Gasteiger charge is -2.08. The number of carbonyl (C=O) groups is 1. The van der Waals surface area contributed by atoms with E-state index in [9.17, 15) is 19.7 Å². The van der Waals surface area contributed by atoms with Gasteiger partial charge in [0.2, 0.25) is 11.6 Å². The van der Waals surface area contributed by atoms with Crippen molar-refractivity contribution in [2.45, 2.75) is 0 Å². The first kappa shape index (κ1) is 25.1. The third kappa shape index (κ3) is 4.86. The maximum Gasteiger partial charge on any atom is 0.341 e. The van der Waals surface area contributed by atoms with Gasteiger partial charge in [-0.15, -0.1) is 0 Å². The molecule has 0 aliphatic heterocycles. The summed E-state index contributed by atoms with van der Waals surface area (Å²) < 4.78 is 12.8. The van der Waals surface area contributed by atoms with E-state index in [0.717, 1.165) is 20.6 Å². The highest BCUT2D eigenvalue weighted by Gasteiger charge is 2.22. The number of furan rings is 1. The second-order valence-electron chi connectivity index (χ2n) is 7.90. The second-order valence-corrected chi connectivity index (χ2v) is 9.22. The van der Waals surface area contributed by atoms with Gasteiger partial charge >= 0.3 is 11.7 Å². The highest BCUT2D eigenvalue weighted by atomic mass is 79.9. The minimum absolute atomic E-state index is 0.110. The molecule has 0 amide bonds. The van der Waals surface area contributed by atoms with E-state index in [1.54, 1.807) is 36.4 Å². The summed E-state index contributed by atoms with van der Waals surface area (Å²) in [5, 5.41) is 25.6. The van der Waals surface area contributed by atoms with Gasteiger partial charge in [-0.2, -0.15) is 9.78 Å². The third-order valence-corrected chi connectivity index (χ3v) is 6.13. The van der Waals surface area contributed by atoms with E-state index in [-0.39, 0.29) is 22.2 Å². The first-order valence-corrected chi connectivity index (χ1v) is 12.0. The maximum absolute atomic E-state index is 13.4. The van der Waals surface area contributed by atoms with Crippen LogP contribution in [0.3, 0.4) is 0 Å². The SMILES string of the molecule is O=C(O)COc1c(Cl)cc(C=Nn2c(-c3cc4cc(Br)ccc4o3)nc3ccccc3c2=O)cc1[N+](=O)[O-]. The van der Waals surface area contributed by atoms with Crippen molar-refractivity contribution >= 4 is 67.3 Å². The average Bonchev–Trinajstić information content (AvgIpc) is 3.30. The lowest BCUT2D eigenvalue weighted by molar-refractivity contribution is -0.385. The number of aromatic nitrogens is 2. The fraction of sp³-hybridized carbons (Fsp3) is 0.0400. The third-order valence-electron chi connectivity index (χ3n) is 5.36. The molecule has 0 bridgehead atoms. The van der Waals surface area contributed by atoms with Crippen LogP contribution in [0.1, 0.15) is 5.56 Å². The highest BCUT2D eigenvalue weighted by Crippen LogP contribution is 2.36. The Hall–Kier alpha value is -4.55. The number of nitro benzene ring substituents is 1. The summed E-state index contributed by atoms with van der Waals surface area (Å²) in [7, 11) is 0. The molecule has 0 saturated heterocycles. The van der Waals surface area contributed by atoms with Crippen molar-refractivity contribution in [1.29, 1.82) is 0 Å². The number of hydrogen-bond acceptors (Lipinski definition) is 8. The van der Waals surface area contributed by atoms with Gasteiger partial charge in [-0.25, -0.2) is 9.78 Å². The zero-order valence-electron chi connectivity index (χ0n) is 19.0. The first-order chi connectivity index (χ1) is 18.2. The number of nitro groups is 1. The number of nitrogens with zero attached hydrogens (tertiary/aromatic N) is 4. The summed E-state index contributed by atoms with van der Waals surface area (Å²) in [6, 6.07) is 16.3. The number of aliphatic carboxylic acids is 1. The lowest BCUT2D eigenvalue weighted by atomic mass is 10.2. The fourth-order valence-corrected chi connectivity index (χ4v) is 4.38. The van der Waals surface area contributed by atoms with E-state index >= 15 is 0 Å². The molecule has 0 fully saturated rings. The number of hydrogen-bond donors (Lipinski definition) is 1. The van der Waals surface area contributed by atoms with Crippen LogP contribution in [0.2, 0.25) is 5.02 Å². The van der Waals surface area contributed by atoms with Crippen LogP contribution < -0.4 is 10.3 Å². The Balaban J connectivity index is 1.65. The summed E-state index contributed by atoms with van der Waals surface area (Å²) in [5.74, 6) is -1.33. The van der Waals surface area contributed by atoms with Crippen LogP contribution in [0.5, 0.6) is 5.75 Å². The van der Waals surface area contributed by atoms with Gasteiger partial charge in [0, 0.05) is 21.5 Å². The summed E-state index contributed by atoms with van der Waals surface area (Å²) >= 11 is 9.57. The number of benzene rings is 3. The number of ether oxygens (including phenoxy) is 1. The predicted octanol–water partition coefficient (Wildman–Crippen LogP) is 5.48. The minimum atomic E-state index is -1.32. The molecule has 38 heavy (non-hydrogen) atoms. The van der Waals surface area contributed by atoms with Gasteiger partial charge < -0.3 is 14.3 Å².